The Hall–Kier alpha value is -0.670. The minimum atomic E-state index is -0.882. The molecule has 2 bridgehead atoms. The molecule has 0 aliphatic carbocycles. The van der Waals surface area contributed by atoms with Gasteiger partial charge in [0.25, 0.3) is 0 Å². The van der Waals surface area contributed by atoms with E-state index < -0.39 is 5.97 Å². The van der Waals surface area contributed by atoms with Crippen LogP contribution in [0.5, 0.6) is 0 Å². The van der Waals surface area contributed by atoms with Crippen molar-refractivity contribution < 1.29 is 9.90 Å². The van der Waals surface area contributed by atoms with Crippen molar-refractivity contribution in [3.63, 3.8) is 0 Å². The lowest BCUT2D eigenvalue weighted by Gasteiger charge is -1.99. The number of carboxylic acids is 1. The van der Waals surface area contributed by atoms with E-state index in [0.717, 1.165) is 10.5 Å². The summed E-state index contributed by atoms with van der Waals surface area (Å²) in [5.41, 5.74) is 1.14. The summed E-state index contributed by atoms with van der Waals surface area (Å²) in [6.45, 7) is 0. The Balaban J connectivity index is 2.70. The van der Waals surface area contributed by atoms with E-state index in [0.29, 0.717) is 16.3 Å². The van der Waals surface area contributed by atoms with Gasteiger partial charge in [-0.3, -0.25) is 0 Å². The van der Waals surface area contributed by atoms with Gasteiger partial charge in [-0.05, 0) is 17.7 Å². The van der Waals surface area contributed by atoms with Crippen LogP contribution in [0.4, 0.5) is 0 Å². The molecule has 2 rings (SSSR count). The molecule has 1 aliphatic rings. The number of halogens is 1. The summed E-state index contributed by atoms with van der Waals surface area (Å²) in [5.74, 6) is -0.199. The maximum Gasteiger partial charge on any atom is 0.337 e. The summed E-state index contributed by atoms with van der Waals surface area (Å²) in [5, 5.41) is 9.40. The van der Waals surface area contributed by atoms with E-state index in [4.69, 9.17) is 16.7 Å². The molecule has 1 aromatic carbocycles. The van der Waals surface area contributed by atoms with E-state index in [1.807, 2.05) is 0 Å². The molecule has 12 heavy (non-hydrogen) atoms. The molecule has 0 saturated heterocycles. The van der Waals surface area contributed by atoms with Gasteiger partial charge in [-0.15, -0.1) is 11.8 Å². The Kier molecular flexibility index (Phi) is 1.77. The zero-order valence-corrected chi connectivity index (χ0v) is 7.58. The van der Waals surface area contributed by atoms with Crippen molar-refractivity contribution in [3.05, 3.63) is 28.3 Å². The highest BCUT2D eigenvalue weighted by atomic mass is 35.5. The third-order valence-electron chi connectivity index (χ3n) is 1.80. The summed E-state index contributed by atoms with van der Waals surface area (Å²) >= 11 is 7.35. The molecular weight excluding hydrogens is 196 g/mol. The summed E-state index contributed by atoms with van der Waals surface area (Å²) in [6, 6.07) is 3.51. The second kappa shape index (κ2) is 2.68. The number of hydrogen-bond acceptors (Lipinski definition) is 2. The highest BCUT2D eigenvalue weighted by Crippen LogP contribution is 2.40. The highest BCUT2D eigenvalue weighted by Gasteiger charge is 2.24. The molecule has 2 nitrogen and oxygen atoms in total. The largest absolute Gasteiger partial charge is 0.478 e. The van der Waals surface area contributed by atoms with Crippen molar-refractivity contribution in [2.75, 3.05) is 0 Å². The fraction of sp³-hybridized carbons (Fsp3) is 0.125. The molecule has 0 aromatic heterocycles. The average molecular weight is 201 g/mol. The predicted octanol–water partition coefficient (Wildman–Crippen LogP) is 2.64. The predicted molar refractivity (Wildman–Crippen MR) is 48.0 cm³/mol. The Morgan fingerprint density at radius 2 is 2.33 bits per heavy atom. The maximum atomic E-state index is 10.8. The lowest BCUT2D eigenvalue weighted by atomic mass is 10.1. The first-order valence-corrected chi connectivity index (χ1v) is 4.74. The Bertz CT molecular complexity index is 362. The van der Waals surface area contributed by atoms with Gasteiger partial charge in [-0.2, -0.15) is 0 Å². The molecule has 0 radical (unpaired) electrons. The topological polar surface area (TPSA) is 37.3 Å². The van der Waals surface area contributed by atoms with Crippen molar-refractivity contribution in [1.82, 2.24) is 0 Å². The van der Waals surface area contributed by atoms with Crippen LogP contribution in [0.3, 0.4) is 0 Å². The van der Waals surface area contributed by atoms with Crippen LogP contribution in [0.15, 0.2) is 17.0 Å². The van der Waals surface area contributed by atoms with Gasteiger partial charge in [0.2, 0.25) is 0 Å². The van der Waals surface area contributed by atoms with E-state index >= 15 is 0 Å². The quantitative estimate of drug-likeness (QED) is 0.757. The van der Waals surface area contributed by atoms with Gasteiger partial charge in [-0.1, -0.05) is 11.6 Å². The fourth-order valence-electron chi connectivity index (χ4n) is 1.25. The first kappa shape index (κ1) is 7.95. The van der Waals surface area contributed by atoms with Crippen molar-refractivity contribution >= 4 is 29.3 Å². The standard InChI is InChI=1S/C8H5ClO2S/c9-5-1-2-6-7(8(10)11)4(5)3-12-6/h1-2H,3H2,(H,10,11). The lowest BCUT2D eigenvalue weighted by Crippen LogP contribution is -1.99. The normalized spacial score (nSPS) is 13.4. The monoisotopic (exact) mass is 200 g/mol. The van der Waals surface area contributed by atoms with E-state index in [2.05, 4.69) is 0 Å². The molecule has 1 N–H and O–H groups in total. The number of carboxylic acid groups (broad SMARTS) is 1. The summed E-state index contributed by atoms with van der Waals surface area (Å²) in [6.07, 6.45) is 0. The molecule has 0 spiro atoms. The molecule has 0 amide bonds. The van der Waals surface area contributed by atoms with E-state index in [-0.39, 0.29) is 0 Å². The zero-order valence-electron chi connectivity index (χ0n) is 6.00. The van der Waals surface area contributed by atoms with Crippen LogP contribution in [0.1, 0.15) is 15.9 Å². The van der Waals surface area contributed by atoms with Gasteiger partial charge in [0.1, 0.15) is 0 Å². The number of benzene rings is 1. The van der Waals surface area contributed by atoms with Crippen LogP contribution in [0.25, 0.3) is 0 Å². The van der Waals surface area contributed by atoms with E-state index in [1.54, 1.807) is 12.1 Å². The molecular formula is C8H5ClO2S. The van der Waals surface area contributed by atoms with Gasteiger partial charge in [0, 0.05) is 15.7 Å². The fourth-order valence-corrected chi connectivity index (χ4v) is 2.67. The summed E-state index contributed by atoms with van der Waals surface area (Å²) < 4.78 is 0. The van der Waals surface area contributed by atoms with Crippen molar-refractivity contribution in [3.8, 4) is 0 Å². The molecule has 1 aliphatic heterocycles. The van der Waals surface area contributed by atoms with Crippen LogP contribution in [-0.2, 0) is 5.75 Å². The molecule has 4 heteroatoms. The number of thioether (sulfide) groups is 1. The van der Waals surface area contributed by atoms with Gasteiger partial charge in [-0.25, -0.2) is 4.79 Å². The van der Waals surface area contributed by atoms with E-state index in [1.165, 1.54) is 11.8 Å². The van der Waals surface area contributed by atoms with Crippen molar-refractivity contribution in [1.29, 1.82) is 0 Å². The van der Waals surface area contributed by atoms with Gasteiger partial charge >= 0.3 is 5.97 Å². The molecule has 62 valence electrons. The smallest absolute Gasteiger partial charge is 0.337 e. The second-order valence-electron chi connectivity index (χ2n) is 2.49. The Labute approximate surface area is 78.5 Å². The third kappa shape index (κ3) is 1.01. The number of fused-ring (bicyclic) bond motifs is 2. The first-order chi connectivity index (χ1) is 5.70. The SMILES string of the molecule is O=C(O)c1c2ccc(Cl)c1CS2. The molecule has 0 atom stereocenters. The number of aromatic carboxylic acids is 1. The summed E-state index contributed by atoms with van der Waals surface area (Å²) in [7, 11) is 0. The first-order valence-electron chi connectivity index (χ1n) is 3.37. The Morgan fingerprint density at radius 3 is 2.92 bits per heavy atom. The van der Waals surface area contributed by atoms with E-state index in [9.17, 15) is 4.79 Å². The van der Waals surface area contributed by atoms with Crippen LogP contribution in [0, 0.1) is 0 Å². The molecule has 0 saturated carbocycles. The minimum absolute atomic E-state index is 0.382. The number of rotatable bonds is 1. The molecule has 1 aromatic rings. The van der Waals surface area contributed by atoms with Gasteiger partial charge in [0.05, 0.1) is 5.56 Å². The van der Waals surface area contributed by atoms with Crippen molar-refractivity contribution in [2.45, 2.75) is 10.6 Å². The highest BCUT2D eigenvalue weighted by molar-refractivity contribution is 7.99. The average Bonchev–Trinajstić information content (AvgIpc) is 2.35. The molecule has 0 unspecified atom stereocenters. The zero-order chi connectivity index (χ0) is 8.72. The van der Waals surface area contributed by atoms with Gasteiger partial charge in [0.15, 0.2) is 0 Å². The molecule has 0 fully saturated rings. The van der Waals surface area contributed by atoms with Crippen LogP contribution in [0.2, 0.25) is 5.02 Å². The lowest BCUT2D eigenvalue weighted by molar-refractivity contribution is 0.0693. The van der Waals surface area contributed by atoms with Crippen LogP contribution in [-0.4, -0.2) is 11.1 Å². The minimum Gasteiger partial charge on any atom is -0.478 e. The Morgan fingerprint density at radius 1 is 1.58 bits per heavy atom. The number of hydrogen-bond donors (Lipinski definition) is 1. The van der Waals surface area contributed by atoms with Crippen LogP contribution < -0.4 is 0 Å². The second-order valence-corrected chi connectivity index (χ2v) is 3.92. The summed E-state index contributed by atoms with van der Waals surface area (Å²) in [4.78, 5) is 11.6. The maximum absolute atomic E-state index is 10.8. The third-order valence-corrected chi connectivity index (χ3v) is 3.24. The number of carbonyl (C=O) groups is 1. The van der Waals surface area contributed by atoms with Gasteiger partial charge < -0.3 is 5.11 Å². The van der Waals surface area contributed by atoms with Crippen molar-refractivity contribution in [2.24, 2.45) is 0 Å². The van der Waals surface area contributed by atoms with Crippen LogP contribution >= 0.6 is 23.4 Å². The molecule has 1 heterocycles.